The van der Waals surface area contributed by atoms with Crippen LogP contribution in [0.4, 0.5) is 17.1 Å². The van der Waals surface area contributed by atoms with E-state index in [1.165, 1.54) is 43.8 Å². The minimum absolute atomic E-state index is 0.146. The van der Waals surface area contributed by atoms with Gasteiger partial charge in [0.05, 0.1) is 0 Å². The Morgan fingerprint density at radius 3 is 1.87 bits per heavy atom. The van der Waals surface area contributed by atoms with Crippen LogP contribution >= 0.6 is 0 Å². The molecule has 0 spiro atoms. The van der Waals surface area contributed by atoms with Crippen molar-refractivity contribution in [3.63, 3.8) is 0 Å². The van der Waals surface area contributed by atoms with Gasteiger partial charge < -0.3 is 13.7 Å². The van der Waals surface area contributed by atoms with E-state index < -0.39 is 0 Å². The molecule has 2 heterocycles. The third-order valence-electron chi connectivity index (χ3n) is 13.4. The summed E-state index contributed by atoms with van der Waals surface area (Å²) >= 11 is 0. The predicted molar refractivity (Wildman–Crippen MR) is 259 cm³/mol. The fourth-order valence-electron chi connectivity index (χ4n) is 10.4. The molecule has 0 unspecified atom stereocenters. The van der Waals surface area contributed by atoms with Gasteiger partial charge in [0.2, 0.25) is 0 Å². The number of furan rings is 2. The molecule has 0 saturated carbocycles. The maximum absolute atomic E-state index is 7.08. The zero-order chi connectivity index (χ0) is 41.1. The highest BCUT2D eigenvalue weighted by atomic mass is 16.3. The van der Waals surface area contributed by atoms with E-state index in [0.29, 0.717) is 0 Å². The standard InChI is InChI=1S/C59H39NO2/c1-59(2)52-20-9-7-16-46(52)47-30-28-42(34-53(47)59)60(41-26-24-37(25-27-41)45-18-11-19-50-48-17-8-10-21-54(48)61-57(45)50)43-29-31-49-51-33-39-14-5-6-15-44(39)56(58(51)62-55(49)35-43)40-23-22-36-12-3-4-13-38(36)32-40/h3-35H,1-2H3. The minimum atomic E-state index is -0.146. The molecule has 0 aliphatic heterocycles. The fourth-order valence-corrected chi connectivity index (χ4v) is 10.4. The van der Waals surface area contributed by atoms with Crippen molar-refractivity contribution < 1.29 is 8.83 Å². The maximum atomic E-state index is 7.08. The molecule has 0 fully saturated rings. The lowest BCUT2D eigenvalue weighted by Crippen LogP contribution is -2.16. The van der Waals surface area contributed by atoms with Gasteiger partial charge in [-0.15, -0.1) is 0 Å². The van der Waals surface area contributed by atoms with E-state index in [1.54, 1.807) is 0 Å². The Morgan fingerprint density at radius 1 is 0.355 bits per heavy atom. The van der Waals surface area contributed by atoms with Crippen molar-refractivity contribution in [2.24, 2.45) is 0 Å². The molecule has 0 amide bonds. The second-order valence-corrected chi connectivity index (χ2v) is 17.3. The zero-order valence-corrected chi connectivity index (χ0v) is 34.3. The summed E-state index contributed by atoms with van der Waals surface area (Å²) in [5.74, 6) is 0. The van der Waals surface area contributed by atoms with E-state index in [0.717, 1.165) is 83.2 Å². The van der Waals surface area contributed by atoms with Crippen LogP contribution in [0.1, 0.15) is 25.0 Å². The molecule has 2 aromatic heterocycles. The lowest BCUT2D eigenvalue weighted by Gasteiger charge is -2.28. The van der Waals surface area contributed by atoms with Gasteiger partial charge >= 0.3 is 0 Å². The van der Waals surface area contributed by atoms with Crippen LogP contribution in [0.3, 0.4) is 0 Å². The summed E-state index contributed by atoms with van der Waals surface area (Å²) in [6.45, 7) is 4.69. The molecule has 3 nitrogen and oxygen atoms in total. The normalized spacial score (nSPS) is 13.1. The van der Waals surface area contributed by atoms with Gasteiger partial charge in [-0.2, -0.15) is 0 Å². The second-order valence-electron chi connectivity index (χ2n) is 17.3. The van der Waals surface area contributed by atoms with Gasteiger partial charge in [0.1, 0.15) is 22.3 Å². The van der Waals surface area contributed by atoms with E-state index in [4.69, 9.17) is 8.83 Å². The molecule has 3 heteroatoms. The van der Waals surface area contributed by atoms with Gasteiger partial charge in [-0.05, 0) is 110 Å². The third-order valence-corrected chi connectivity index (χ3v) is 13.4. The van der Waals surface area contributed by atoms with Crippen LogP contribution in [0, 0.1) is 0 Å². The van der Waals surface area contributed by atoms with E-state index in [9.17, 15) is 0 Å². The maximum Gasteiger partial charge on any atom is 0.143 e. The SMILES string of the molecule is CC1(C)c2ccccc2-c2ccc(N(c3ccc(-c4cccc5c4oc4ccccc45)cc3)c3ccc4c(c3)oc3c(-c5ccc6ccccc6c5)c5ccccc5cc34)cc21. The molecule has 1 aliphatic carbocycles. The van der Waals surface area contributed by atoms with Gasteiger partial charge in [-0.25, -0.2) is 0 Å². The van der Waals surface area contributed by atoms with Crippen molar-refractivity contribution in [3.8, 4) is 33.4 Å². The van der Waals surface area contributed by atoms with Gasteiger partial charge in [-0.1, -0.05) is 153 Å². The lowest BCUT2D eigenvalue weighted by atomic mass is 9.82. The van der Waals surface area contributed by atoms with Gasteiger partial charge in [0, 0.05) is 61.2 Å². The number of anilines is 3. The molecular formula is C59H39NO2. The molecule has 0 saturated heterocycles. The molecule has 0 radical (unpaired) electrons. The molecule has 12 aromatic rings. The summed E-state index contributed by atoms with van der Waals surface area (Å²) in [6.07, 6.45) is 0. The molecule has 13 rings (SSSR count). The molecule has 292 valence electrons. The average molecular weight is 794 g/mol. The number of nitrogens with zero attached hydrogens (tertiary/aromatic N) is 1. The molecule has 10 aromatic carbocycles. The number of para-hydroxylation sites is 2. The number of hydrogen-bond acceptors (Lipinski definition) is 3. The highest BCUT2D eigenvalue weighted by molar-refractivity contribution is 6.19. The van der Waals surface area contributed by atoms with Crippen molar-refractivity contribution in [2.75, 3.05) is 4.90 Å². The predicted octanol–water partition coefficient (Wildman–Crippen LogP) is 16.9. The number of benzene rings is 10. The number of fused-ring (bicyclic) bond motifs is 11. The van der Waals surface area contributed by atoms with Crippen molar-refractivity contribution in [1.29, 1.82) is 0 Å². The molecular weight excluding hydrogens is 755 g/mol. The summed E-state index contributed by atoms with van der Waals surface area (Å²) in [5, 5.41) is 9.26. The Hall–Kier alpha value is -7.88. The Kier molecular flexibility index (Phi) is 7.36. The van der Waals surface area contributed by atoms with Crippen LogP contribution < -0.4 is 4.90 Å². The summed E-state index contributed by atoms with van der Waals surface area (Å²) < 4.78 is 13.5. The quantitative estimate of drug-likeness (QED) is 0.174. The lowest BCUT2D eigenvalue weighted by molar-refractivity contribution is 0.660. The van der Waals surface area contributed by atoms with Crippen LogP contribution in [0.2, 0.25) is 0 Å². The van der Waals surface area contributed by atoms with Crippen molar-refractivity contribution >= 4 is 82.5 Å². The molecule has 1 aliphatic rings. The first-order valence-corrected chi connectivity index (χ1v) is 21.4. The van der Waals surface area contributed by atoms with E-state index in [2.05, 4.69) is 207 Å². The zero-order valence-electron chi connectivity index (χ0n) is 34.3. The van der Waals surface area contributed by atoms with Gasteiger partial charge in [0.25, 0.3) is 0 Å². The first-order chi connectivity index (χ1) is 30.5. The Balaban J connectivity index is 0.996. The van der Waals surface area contributed by atoms with Crippen LogP contribution in [-0.4, -0.2) is 0 Å². The molecule has 0 bridgehead atoms. The minimum Gasteiger partial charge on any atom is -0.455 e. The first-order valence-electron chi connectivity index (χ1n) is 21.4. The first kappa shape index (κ1) is 34.9. The highest BCUT2D eigenvalue weighted by Gasteiger charge is 2.36. The largest absolute Gasteiger partial charge is 0.455 e. The molecule has 0 N–H and O–H groups in total. The summed E-state index contributed by atoms with van der Waals surface area (Å²) in [6, 6.07) is 72.4. The van der Waals surface area contributed by atoms with Gasteiger partial charge in [0.15, 0.2) is 0 Å². The van der Waals surface area contributed by atoms with Crippen molar-refractivity contribution in [3.05, 3.63) is 211 Å². The Labute approximate surface area is 358 Å². The summed E-state index contributed by atoms with van der Waals surface area (Å²) in [5.41, 5.74) is 16.3. The van der Waals surface area contributed by atoms with Crippen LogP contribution in [0.5, 0.6) is 0 Å². The summed E-state index contributed by atoms with van der Waals surface area (Å²) in [7, 11) is 0. The smallest absolute Gasteiger partial charge is 0.143 e. The topological polar surface area (TPSA) is 29.5 Å². The Morgan fingerprint density at radius 2 is 0.984 bits per heavy atom. The van der Waals surface area contributed by atoms with E-state index in [1.807, 2.05) is 12.1 Å². The van der Waals surface area contributed by atoms with Crippen LogP contribution in [0.25, 0.3) is 98.8 Å². The Bertz CT molecular complexity index is 3790. The highest BCUT2D eigenvalue weighted by Crippen LogP contribution is 2.51. The van der Waals surface area contributed by atoms with Crippen molar-refractivity contribution in [1.82, 2.24) is 0 Å². The van der Waals surface area contributed by atoms with Crippen molar-refractivity contribution in [2.45, 2.75) is 19.3 Å². The average Bonchev–Trinajstić information content (AvgIpc) is 3.95. The third kappa shape index (κ3) is 5.12. The van der Waals surface area contributed by atoms with E-state index in [-0.39, 0.29) is 5.41 Å². The number of hydrogen-bond donors (Lipinski definition) is 0. The fraction of sp³-hybridized carbons (Fsp3) is 0.0508. The molecule has 62 heavy (non-hydrogen) atoms. The summed E-state index contributed by atoms with van der Waals surface area (Å²) in [4.78, 5) is 2.37. The van der Waals surface area contributed by atoms with Gasteiger partial charge in [-0.3, -0.25) is 0 Å². The van der Waals surface area contributed by atoms with Crippen LogP contribution in [0.15, 0.2) is 209 Å². The number of rotatable bonds is 5. The van der Waals surface area contributed by atoms with Crippen LogP contribution in [-0.2, 0) is 5.41 Å². The van der Waals surface area contributed by atoms with E-state index >= 15 is 0 Å². The second kappa shape index (κ2) is 13.1. The molecule has 0 atom stereocenters. The monoisotopic (exact) mass is 793 g/mol.